The molecule has 2 N–H and O–H groups in total. The number of ether oxygens (including phenoxy) is 2. The number of para-hydroxylation sites is 1. The van der Waals surface area contributed by atoms with Crippen LogP contribution in [0.1, 0.15) is 29.6 Å². The minimum absolute atomic E-state index is 0.00296. The van der Waals surface area contributed by atoms with Gasteiger partial charge in [-0.1, -0.05) is 6.07 Å². The monoisotopic (exact) mass is 335 g/mol. The number of piperidine rings is 1. The van der Waals surface area contributed by atoms with E-state index in [1.54, 1.807) is 7.11 Å². The van der Waals surface area contributed by atoms with E-state index in [-0.39, 0.29) is 5.91 Å². The second kappa shape index (κ2) is 8.89. The highest BCUT2D eigenvalue weighted by molar-refractivity contribution is 5.98. The Labute approximate surface area is 144 Å². The maximum absolute atomic E-state index is 13.0. The van der Waals surface area contributed by atoms with Gasteiger partial charge in [0.15, 0.2) is 11.5 Å². The molecule has 1 aliphatic rings. The molecule has 0 saturated carbocycles. The fourth-order valence-corrected chi connectivity index (χ4v) is 2.98. The van der Waals surface area contributed by atoms with E-state index in [4.69, 9.17) is 15.2 Å². The lowest BCUT2D eigenvalue weighted by molar-refractivity contribution is 0.0630. The minimum atomic E-state index is 0.00296. The maximum Gasteiger partial charge on any atom is 0.257 e. The predicted octanol–water partition coefficient (Wildman–Crippen LogP) is 1.59. The van der Waals surface area contributed by atoms with E-state index >= 15 is 0 Å². The van der Waals surface area contributed by atoms with Gasteiger partial charge in [0.2, 0.25) is 0 Å². The highest BCUT2D eigenvalue weighted by Gasteiger charge is 2.28. The second-order valence-electron chi connectivity index (χ2n) is 6.34. The number of likely N-dealkylation sites (N-methyl/N-ethyl adjacent to an activating group) is 1. The first-order valence-electron chi connectivity index (χ1n) is 8.54. The molecule has 1 aliphatic heterocycles. The SMILES string of the molecule is COc1cccc(C(=O)N2CCCC(N(C)C)C2)c1OCCCN. The average molecular weight is 335 g/mol. The number of benzene rings is 1. The summed E-state index contributed by atoms with van der Waals surface area (Å²) in [5.74, 6) is 1.10. The Kier molecular flexibility index (Phi) is 6.87. The minimum Gasteiger partial charge on any atom is -0.493 e. The van der Waals surface area contributed by atoms with Crippen LogP contribution < -0.4 is 15.2 Å². The van der Waals surface area contributed by atoms with Gasteiger partial charge < -0.3 is 25.0 Å². The van der Waals surface area contributed by atoms with Crippen LogP contribution in [0.25, 0.3) is 0 Å². The van der Waals surface area contributed by atoms with Crippen LogP contribution in [0, 0.1) is 0 Å². The van der Waals surface area contributed by atoms with Crippen LogP contribution in [0.4, 0.5) is 0 Å². The Bertz CT molecular complexity index is 548. The van der Waals surface area contributed by atoms with Gasteiger partial charge in [0.1, 0.15) is 0 Å². The van der Waals surface area contributed by atoms with E-state index in [9.17, 15) is 4.79 Å². The van der Waals surface area contributed by atoms with Crippen LogP contribution >= 0.6 is 0 Å². The molecule has 0 aliphatic carbocycles. The van der Waals surface area contributed by atoms with E-state index in [0.717, 1.165) is 32.4 Å². The zero-order chi connectivity index (χ0) is 17.5. The Hall–Kier alpha value is -1.79. The van der Waals surface area contributed by atoms with Crippen LogP contribution in [0.3, 0.4) is 0 Å². The van der Waals surface area contributed by atoms with Crippen molar-refractivity contribution in [1.82, 2.24) is 9.80 Å². The van der Waals surface area contributed by atoms with E-state index < -0.39 is 0 Å². The zero-order valence-corrected chi connectivity index (χ0v) is 15.0. The molecule has 0 spiro atoms. The molecule has 1 aromatic carbocycles. The summed E-state index contributed by atoms with van der Waals surface area (Å²) in [6.45, 7) is 2.54. The summed E-state index contributed by atoms with van der Waals surface area (Å²) in [6.07, 6.45) is 2.87. The summed E-state index contributed by atoms with van der Waals surface area (Å²) >= 11 is 0. The molecule has 1 amide bonds. The normalized spacial score (nSPS) is 17.9. The van der Waals surface area contributed by atoms with E-state index in [2.05, 4.69) is 19.0 Å². The number of carbonyl (C=O) groups excluding carboxylic acids is 1. The van der Waals surface area contributed by atoms with Crippen molar-refractivity contribution >= 4 is 5.91 Å². The van der Waals surface area contributed by atoms with Gasteiger partial charge in [0.25, 0.3) is 5.91 Å². The van der Waals surface area contributed by atoms with Gasteiger partial charge in [0.05, 0.1) is 19.3 Å². The fourth-order valence-electron chi connectivity index (χ4n) is 2.98. The Morgan fingerprint density at radius 3 is 2.88 bits per heavy atom. The molecule has 134 valence electrons. The summed E-state index contributed by atoms with van der Waals surface area (Å²) in [4.78, 5) is 17.1. The number of hydrogen-bond acceptors (Lipinski definition) is 5. The van der Waals surface area contributed by atoms with Crippen molar-refractivity contribution in [3.8, 4) is 11.5 Å². The quantitative estimate of drug-likeness (QED) is 0.767. The van der Waals surface area contributed by atoms with Crippen LogP contribution in [0.15, 0.2) is 18.2 Å². The average Bonchev–Trinajstić information content (AvgIpc) is 2.61. The molecule has 2 rings (SSSR count). The van der Waals surface area contributed by atoms with E-state index in [0.29, 0.717) is 36.3 Å². The zero-order valence-electron chi connectivity index (χ0n) is 15.0. The topological polar surface area (TPSA) is 68.0 Å². The summed E-state index contributed by atoms with van der Waals surface area (Å²) in [7, 11) is 5.71. The highest BCUT2D eigenvalue weighted by Crippen LogP contribution is 2.32. The van der Waals surface area contributed by atoms with Crippen molar-refractivity contribution in [1.29, 1.82) is 0 Å². The number of amides is 1. The van der Waals surface area contributed by atoms with Crippen LogP contribution in [0.2, 0.25) is 0 Å². The van der Waals surface area contributed by atoms with E-state index in [1.807, 2.05) is 23.1 Å². The molecule has 1 fully saturated rings. The van der Waals surface area contributed by atoms with Gasteiger partial charge in [-0.25, -0.2) is 0 Å². The fraction of sp³-hybridized carbons (Fsp3) is 0.611. The molecular weight excluding hydrogens is 306 g/mol. The van der Waals surface area contributed by atoms with Crippen LogP contribution in [-0.2, 0) is 0 Å². The lowest BCUT2D eigenvalue weighted by Crippen LogP contribution is -2.47. The summed E-state index contributed by atoms with van der Waals surface area (Å²) in [5, 5.41) is 0. The van der Waals surface area contributed by atoms with Gasteiger partial charge in [-0.3, -0.25) is 4.79 Å². The number of methoxy groups -OCH3 is 1. The maximum atomic E-state index is 13.0. The first kappa shape index (κ1) is 18.5. The number of likely N-dealkylation sites (tertiary alicyclic amines) is 1. The van der Waals surface area contributed by atoms with Crippen molar-refractivity contribution in [3.63, 3.8) is 0 Å². The lowest BCUT2D eigenvalue weighted by atomic mass is 10.0. The molecule has 0 bridgehead atoms. The van der Waals surface area contributed by atoms with Crippen LogP contribution in [0.5, 0.6) is 11.5 Å². The molecule has 6 nitrogen and oxygen atoms in total. The van der Waals surface area contributed by atoms with Crippen molar-refractivity contribution < 1.29 is 14.3 Å². The van der Waals surface area contributed by atoms with Gasteiger partial charge >= 0.3 is 0 Å². The van der Waals surface area contributed by atoms with Crippen molar-refractivity contribution in [2.45, 2.75) is 25.3 Å². The number of hydrogen-bond donors (Lipinski definition) is 1. The first-order valence-corrected chi connectivity index (χ1v) is 8.54. The highest BCUT2D eigenvalue weighted by atomic mass is 16.5. The second-order valence-corrected chi connectivity index (χ2v) is 6.34. The largest absolute Gasteiger partial charge is 0.493 e. The lowest BCUT2D eigenvalue weighted by Gasteiger charge is -2.36. The van der Waals surface area contributed by atoms with Crippen LogP contribution in [-0.4, -0.2) is 69.2 Å². The Morgan fingerprint density at radius 1 is 1.42 bits per heavy atom. The third kappa shape index (κ3) is 4.39. The number of nitrogens with two attached hydrogens (primary N) is 1. The smallest absolute Gasteiger partial charge is 0.257 e. The number of rotatable bonds is 7. The number of nitrogens with zero attached hydrogens (tertiary/aromatic N) is 2. The van der Waals surface area contributed by atoms with Gasteiger partial charge in [0, 0.05) is 19.1 Å². The van der Waals surface area contributed by atoms with Crippen molar-refractivity contribution in [2.75, 3.05) is 47.4 Å². The summed E-state index contributed by atoms with van der Waals surface area (Å²) in [5.41, 5.74) is 6.09. The predicted molar refractivity (Wildman–Crippen MR) is 94.8 cm³/mol. The number of carbonyl (C=O) groups is 1. The molecular formula is C18H29N3O3. The van der Waals surface area contributed by atoms with Gasteiger partial charge in [-0.15, -0.1) is 0 Å². The standard InChI is InChI=1S/C18H29N3O3/c1-20(2)14-7-5-11-21(13-14)18(22)15-8-4-9-16(23-3)17(15)24-12-6-10-19/h4,8-9,14H,5-7,10-13,19H2,1-3H3. The molecule has 6 heteroatoms. The summed E-state index contributed by atoms with van der Waals surface area (Å²) in [6, 6.07) is 5.85. The van der Waals surface area contributed by atoms with Crippen molar-refractivity contribution in [2.24, 2.45) is 5.73 Å². The molecule has 1 aromatic rings. The molecule has 1 heterocycles. The molecule has 0 aromatic heterocycles. The third-order valence-electron chi connectivity index (χ3n) is 4.44. The molecule has 1 atom stereocenters. The molecule has 0 radical (unpaired) electrons. The molecule has 24 heavy (non-hydrogen) atoms. The van der Waals surface area contributed by atoms with Gasteiger partial charge in [-0.2, -0.15) is 0 Å². The Morgan fingerprint density at radius 2 is 2.21 bits per heavy atom. The first-order chi connectivity index (χ1) is 11.6. The van der Waals surface area contributed by atoms with Crippen molar-refractivity contribution in [3.05, 3.63) is 23.8 Å². The Balaban J connectivity index is 2.21. The van der Waals surface area contributed by atoms with E-state index in [1.165, 1.54) is 0 Å². The summed E-state index contributed by atoms with van der Waals surface area (Å²) < 4.78 is 11.2. The molecule has 1 saturated heterocycles. The van der Waals surface area contributed by atoms with Gasteiger partial charge in [-0.05, 0) is 52.0 Å². The molecule has 1 unspecified atom stereocenters. The third-order valence-corrected chi connectivity index (χ3v) is 4.44.